The van der Waals surface area contributed by atoms with E-state index in [0.29, 0.717) is 0 Å². The van der Waals surface area contributed by atoms with Gasteiger partial charge in [0.1, 0.15) is 0 Å². The molecule has 12 heavy (non-hydrogen) atoms. The highest BCUT2D eigenvalue weighted by molar-refractivity contribution is 5.92. The first-order valence-electron chi connectivity index (χ1n) is 3.64. The van der Waals surface area contributed by atoms with Gasteiger partial charge in [-0.25, -0.2) is 5.01 Å². The minimum atomic E-state index is -0.209. The van der Waals surface area contributed by atoms with E-state index < -0.39 is 0 Å². The Kier molecular flexibility index (Phi) is 1.55. The van der Waals surface area contributed by atoms with Crippen molar-refractivity contribution in [2.75, 3.05) is 5.01 Å². The normalized spacial score (nSPS) is 15.0. The molecule has 2 rings (SSSR count). The third-order valence-corrected chi connectivity index (χ3v) is 1.59. The van der Waals surface area contributed by atoms with E-state index in [9.17, 15) is 4.79 Å². The lowest BCUT2D eigenvalue weighted by Crippen LogP contribution is -2.24. The van der Waals surface area contributed by atoms with Crippen LogP contribution in [0.25, 0.3) is 0 Å². The topological polar surface area (TPSA) is 34.4 Å². The molecule has 0 bridgehead atoms. The number of benzene rings is 1. The van der Waals surface area contributed by atoms with Crippen LogP contribution < -0.4 is 10.4 Å². The monoisotopic (exact) mass is 159 g/mol. The van der Waals surface area contributed by atoms with Crippen molar-refractivity contribution < 1.29 is 4.79 Å². The zero-order valence-electron chi connectivity index (χ0n) is 6.34. The van der Waals surface area contributed by atoms with Gasteiger partial charge in [0.25, 0.3) is 5.91 Å². The molecular weight excluding hydrogens is 152 g/mol. The van der Waals surface area contributed by atoms with Gasteiger partial charge in [0, 0.05) is 12.3 Å². The number of rotatable bonds is 1. The van der Waals surface area contributed by atoms with Crippen LogP contribution in [0.2, 0.25) is 0 Å². The number of para-hydroxylation sites is 1. The summed E-state index contributed by atoms with van der Waals surface area (Å²) < 4.78 is 0. The summed E-state index contributed by atoms with van der Waals surface area (Å²) in [5.41, 5.74) is 4.64. The Morgan fingerprint density at radius 3 is 2.50 bits per heavy atom. The van der Waals surface area contributed by atoms with Crippen molar-refractivity contribution >= 4 is 11.6 Å². The first-order valence-corrected chi connectivity index (χ1v) is 3.64. The van der Waals surface area contributed by atoms with E-state index in [0.717, 1.165) is 5.69 Å². The molecule has 0 saturated carbocycles. The van der Waals surface area contributed by atoms with Gasteiger partial charge < -0.3 is 0 Å². The summed E-state index contributed by atoms with van der Waals surface area (Å²) in [5.74, 6) is -0.209. The van der Waals surface area contributed by atoms with E-state index in [1.54, 1.807) is 11.2 Å². The summed E-state index contributed by atoms with van der Waals surface area (Å²) in [5, 5.41) is 1.56. The lowest BCUT2D eigenvalue weighted by molar-refractivity contribution is -0.116. The molecule has 3 nitrogen and oxygen atoms in total. The number of nitrogens with zero attached hydrogens (tertiary/aromatic N) is 2. The lowest BCUT2D eigenvalue weighted by atomic mass is 10.3. The van der Waals surface area contributed by atoms with Crippen molar-refractivity contribution in [2.24, 2.45) is 0 Å². The summed E-state index contributed by atoms with van der Waals surface area (Å²) in [6.45, 7) is 0. The van der Waals surface area contributed by atoms with E-state index in [1.807, 2.05) is 30.3 Å². The van der Waals surface area contributed by atoms with Crippen LogP contribution in [0.3, 0.4) is 0 Å². The molecule has 1 aliphatic heterocycles. The molecule has 0 saturated heterocycles. The molecule has 0 unspecified atom stereocenters. The Labute approximate surface area is 70.3 Å². The number of hydrogen-bond acceptors (Lipinski definition) is 2. The van der Waals surface area contributed by atoms with E-state index in [2.05, 4.69) is 5.43 Å². The quantitative estimate of drug-likeness (QED) is 0.614. The number of carbonyl (C=O) groups excluding carboxylic acids is 1. The molecule has 59 valence electrons. The van der Waals surface area contributed by atoms with Gasteiger partial charge in [-0.05, 0) is 12.1 Å². The van der Waals surface area contributed by atoms with Gasteiger partial charge in [0.05, 0.1) is 5.69 Å². The molecule has 1 radical (unpaired) electrons. The van der Waals surface area contributed by atoms with E-state index in [4.69, 9.17) is 0 Å². The molecule has 1 aromatic carbocycles. The smallest absolute Gasteiger partial charge is 0.266 e. The van der Waals surface area contributed by atoms with Crippen molar-refractivity contribution in [3.8, 4) is 0 Å². The number of anilines is 1. The molecule has 1 heterocycles. The molecule has 1 amide bonds. The zero-order valence-corrected chi connectivity index (χ0v) is 6.34. The van der Waals surface area contributed by atoms with E-state index in [1.165, 1.54) is 6.08 Å². The third-order valence-electron chi connectivity index (χ3n) is 1.59. The fourth-order valence-electron chi connectivity index (χ4n) is 1.03. The maximum atomic E-state index is 10.7. The average molecular weight is 159 g/mol. The average Bonchev–Trinajstić information content (AvgIpc) is 2.54. The number of carbonyl (C=O) groups is 1. The number of hydrogen-bond donors (Lipinski definition) is 0. The summed E-state index contributed by atoms with van der Waals surface area (Å²) in [4.78, 5) is 10.7. The molecule has 0 fully saturated rings. The summed E-state index contributed by atoms with van der Waals surface area (Å²) in [7, 11) is 0. The second-order valence-corrected chi connectivity index (χ2v) is 2.43. The Balaban J connectivity index is 2.23. The number of amides is 1. The van der Waals surface area contributed by atoms with Crippen LogP contribution in [0.15, 0.2) is 42.6 Å². The molecule has 0 atom stereocenters. The minimum absolute atomic E-state index is 0.209. The van der Waals surface area contributed by atoms with Crippen molar-refractivity contribution in [2.45, 2.75) is 0 Å². The van der Waals surface area contributed by atoms with Gasteiger partial charge >= 0.3 is 0 Å². The highest BCUT2D eigenvalue weighted by atomic mass is 16.2. The van der Waals surface area contributed by atoms with Gasteiger partial charge in [-0.15, -0.1) is 5.43 Å². The molecule has 0 N–H and O–H groups in total. The highest BCUT2D eigenvalue weighted by Crippen LogP contribution is 2.14. The van der Waals surface area contributed by atoms with Crippen molar-refractivity contribution in [1.29, 1.82) is 0 Å². The summed E-state index contributed by atoms with van der Waals surface area (Å²) in [6, 6.07) is 9.52. The summed E-state index contributed by atoms with van der Waals surface area (Å²) in [6.07, 6.45) is 3.09. The summed E-state index contributed by atoms with van der Waals surface area (Å²) >= 11 is 0. The van der Waals surface area contributed by atoms with Crippen LogP contribution in [0.1, 0.15) is 0 Å². The second kappa shape index (κ2) is 2.70. The Hall–Kier alpha value is -1.77. The van der Waals surface area contributed by atoms with Crippen LogP contribution in [-0.4, -0.2) is 5.91 Å². The van der Waals surface area contributed by atoms with E-state index in [-0.39, 0.29) is 5.91 Å². The van der Waals surface area contributed by atoms with Crippen molar-refractivity contribution in [1.82, 2.24) is 5.43 Å². The molecule has 1 aliphatic rings. The zero-order chi connectivity index (χ0) is 8.39. The Morgan fingerprint density at radius 1 is 1.17 bits per heavy atom. The molecular formula is C9H7N2O. The maximum Gasteiger partial charge on any atom is 0.288 e. The Bertz CT molecular complexity index is 319. The van der Waals surface area contributed by atoms with Gasteiger partial charge in [-0.3, -0.25) is 4.79 Å². The third kappa shape index (κ3) is 1.16. The lowest BCUT2D eigenvalue weighted by Gasteiger charge is -2.11. The fourth-order valence-corrected chi connectivity index (χ4v) is 1.03. The molecule has 3 heteroatoms. The predicted molar refractivity (Wildman–Crippen MR) is 45.2 cm³/mol. The molecule has 0 aromatic heterocycles. The predicted octanol–water partition coefficient (Wildman–Crippen LogP) is 1.07. The van der Waals surface area contributed by atoms with Crippen molar-refractivity contribution in [3.63, 3.8) is 0 Å². The second-order valence-electron chi connectivity index (χ2n) is 2.43. The van der Waals surface area contributed by atoms with Gasteiger partial charge in [-0.1, -0.05) is 18.2 Å². The first-order chi connectivity index (χ1) is 5.86. The van der Waals surface area contributed by atoms with Crippen LogP contribution >= 0.6 is 0 Å². The standard InChI is InChI=1S/C9H7N2O/c12-9-6-7-11(10-9)8-4-2-1-3-5-8/h1-7H. The van der Waals surface area contributed by atoms with Crippen molar-refractivity contribution in [3.05, 3.63) is 42.6 Å². The molecule has 0 spiro atoms. The van der Waals surface area contributed by atoms with E-state index >= 15 is 0 Å². The first kappa shape index (κ1) is 6.91. The van der Waals surface area contributed by atoms with Crippen LogP contribution in [-0.2, 0) is 4.79 Å². The van der Waals surface area contributed by atoms with Gasteiger partial charge in [-0.2, -0.15) is 0 Å². The molecule has 1 aromatic rings. The highest BCUT2D eigenvalue weighted by Gasteiger charge is 2.13. The van der Waals surface area contributed by atoms with Crippen LogP contribution in [0, 0.1) is 0 Å². The van der Waals surface area contributed by atoms with Crippen LogP contribution in [0.4, 0.5) is 5.69 Å². The Morgan fingerprint density at radius 2 is 1.92 bits per heavy atom. The van der Waals surface area contributed by atoms with Gasteiger partial charge in [0.2, 0.25) is 0 Å². The van der Waals surface area contributed by atoms with Gasteiger partial charge in [0.15, 0.2) is 0 Å². The fraction of sp³-hybridized carbons (Fsp3) is 0. The minimum Gasteiger partial charge on any atom is -0.266 e. The SMILES string of the molecule is O=C1C=CN(c2ccccc2)[N]1. The van der Waals surface area contributed by atoms with Crippen LogP contribution in [0.5, 0.6) is 0 Å². The molecule has 0 aliphatic carbocycles. The largest absolute Gasteiger partial charge is 0.288 e. The maximum absolute atomic E-state index is 10.7.